The maximum Gasteiger partial charge on any atom is 0.236 e. The second-order valence-corrected chi connectivity index (χ2v) is 7.67. The first kappa shape index (κ1) is 20.4. The van der Waals surface area contributed by atoms with Gasteiger partial charge < -0.3 is 14.6 Å². The fourth-order valence-corrected chi connectivity index (χ4v) is 3.23. The Bertz CT molecular complexity index is 979. The van der Waals surface area contributed by atoms with Crippen molar-refractivity contribution in [3.05, 3.63) is 58.0 Å². The molecule has 0 saturated carbocycles. The van der Waals surface area contributed by atoms with Crippen LogP contribution in [0.2, 0.25) is 10.0 Å². The lowest BCUT2D eigenvalue weighted by atomic mass is 10.2. The third kappa shape index (κ3) is 5.37. The van der Waals surface area contributed by atoms with Gasteiger partial charge in [0.05, 0.1) is 15.8 Å². The van der Waals surface area contributed by atoms with Crippen LogP contribution >= 0.6 is 35.0 Å². The molecule has 146 valence electrons. The predicted molar refractivity (Wildman–Crippen MR) is 110 cm³/mol. The van der Waals surface area contributed by atoms with E-state index in [0.717, 1.165) is 5.56 Å². The molecule has 0 radical (unpaired) electrons. The van der Waals surface area contributed by atoms with E-state index in [4.69, 9.17) is 27.9 Å². The van der Waals surface area contributed by atoms with E-state index in [2.05, 4.69) is 20.5 Å². The van der Waals surface area contributed by atoms with E-state index < -0.39 is 0 Å². The molecule has 0 bridgehead atoms. The number of aryl methyl sites for hydroxylation is 1. The summed E-state index contributed by atoms with van der Waals surface area (Å²) in [5, 5.41) is 12.6. The average molecular weight is 438 g/mol. The van der Waals surface area contributed by atoms with E-state index in [1.54, 1.807) is 22.8 Å². The number of nitrogens with one attached hydrogen (secondary N) is 1. The Morgan fingerprint density at radius 3 is 2.82 bits per heavy atom. The number of benzene rings is 1. The average Bonchev–Trinajstić information content (AvgIpc) is 3.02. The molecule has 28 heavy (non-hydrogen) atoms. The second kappa shape index (κ2) is 9.27. The van der Waals surface area contributed by atoms with Gasteiger partial charge in [-0.25, -0.2) is 4.98 Å². The highest BCUT2D eigenvalue weighted by Gasteiger charge is 2.13. The topological polar surface area (TPSA) is 81.9 Å². The minimum Gasteiger partial charge on any atom is -0.484 e. The Kier molecular flexibility index (Phi) is 6.77. The van der Waals surface area contributed by atoms with Crippen molar-refractivity contribution in [2.24, 2.45) is 7.05 Å². The lowest BCUT2D eigenvalue weighted by Crippen LogP contribution is -2.15. The number of nitrogens with zero attached hydrogens (tertiary/aromatic N) is 4. The number of anilines is 1. The molecule has 0 aliphatic heterocycles. The van der Waals surface area contributed by atoms with Crippen LogP contribution in [0, 0.1) is 6.92 Å². The number of thioether (sulfide) groups is 1. The van der Waals surface area contributed by atoms with E-state index in [0.29, 0.717) is 32.6 Å². The van der Waals surface area contributed by atoms with Gasteiger partial charge >= 0.3 is 0 Å². The molecule has 2 aromatic heterocycles. The Morgan fingerprint density at radius 1 is 1.25 bits per heavy atom. The Hall–Kier alpha value is -2.29. The van der Waals surface area contributed by atoms with Gasteiger partial charge in [0.15, 0.2) is 11.0 Å². The molecule has 7 nitrogen and oxygen atoms in total. The van der Waals surface area contributed by atoms with Gasteiger partial charge in [-0.15, -0.1) is 10.2 Å². The number of rotatable bonds is 7. The Balaban J connectivity index is 1.54. The highest BCUT2D eigenvalue weighted by atomic mass is 35.5. The van der Waals surface area contributed by atoms with Gasteiger partial charge in [-0.05, 0) is 36.8 Å². The molecule has 0 fully saturated rings. The Morgan fingerprint density at radius 2 is 2.07 bits per heavy atom. The standard InChI is InChI=1S/C18H17Cl2N5O2S/c1-11-3-5-13(20)14(7-11)27-9-16-23-24-18(25(16)2)28-10-17(26)22-15-6-4-12(19)8-21-15/h3-8H,9-10H2,1-2H3,(H,21,22,26). The Labute approximate surface area is 176 Å². The molecule has 3 aromatic rings. The molecule has 0 aliphatic rings. The number of hydrogen-bond donors (Lipinski definition) is 1. The molecule has 10 heteroatoms. The minimum atomic E-state index is -0.202. The molecule has 0 saturated heterocycles. The molecule has 1 N–H and O–H groups in total. The van der Waals surface area contributed by atoms with Gasteiger partial charge in [-0.1, -0.05) is 41.0 Å². The largest absolute Gasteiger partial charge is 0.484 e. The summed E-state index contributed by atoms with van der Waals surface area (Å²) in [4.78, 5) is 16.1. The fourth-order valence-electron chi connectivity index (χ4n) is 2.22. The van der Waals surface area contributed by atoms with Crippen LogP contribution in [0.3, 0.4) is 0 Å². The number of hydrogen-bond acceptors (Lipinski definition) is 6. The number of amides is 1. The van der Waals surface area contributed by atoms with Crippen molar-refractivity contribution in [3.8, 4) is 5.75 Å². The van der Waals surface area contributed by atoms with E-state index in [9.17, 15) is 4.79 Å². The smallest absolute Gasteiger partial charge is 0.236 e. The van der Waals surface area contributed by atoms with Crippen LogP contribution < -0.4 is 10.1 Å². The zero-order chi connectivity index (χ0) is 20.1. The van der Waals surface area contributed by atoms with E-state index in [-0.39, 0.29) is 18.3 Å². The van der Waals surface area contributed by atoms with E-state index >= 15 is 0 Å². The number of aromatic nitrogens is 4. The van der Waals surface area contributed by atoms with Gasteiger partial charge in [0, 0.05) is 13.2 Å². The SMILES string of the molecule is Cc1ccc(Cl)c(OCc2nnc(SCC(=O)Nc3ccc(Cl)cn3)n2C)c1. The van der Waals surface area contributed by atoms with E-state index in [1.165, 1.54) is 18.0 Å². The number of ether oxygens (including phenoxy) is 1. The first-order valence-corrected chi connectivity index (χ1v) is 9.98. The van der Waals surface area contributed by atoms with Crippen LogP contribution in [-0.4, -0.2) is 31.4 Å². The zero-order valence-electron chi connectivity index (χ0n) is 15.1. The summed E-state index contributed by atoms with van der Waals surface area (Å²) in [5.41, 5.74) is 1.05. The van der Waals surface area contributed by atoms with Crippen molar-refractivity contribution >= 4 is 46.7 Å². The maximum absolute atomic E-state index is 12.1. The molecule has 2 heterocycles. The first-order valence-electron chi connectivity index (χ1n) is 8.24. The van der Waals surface area contributed by atoms with Crippen LogP contribution in [0.4, 0.5) is 5.82 Å². The van der Waals surface area contributed by atoms with Gasteiger partial charge in [-0.2, -0.15) is 0 Å². The molecular formula is C18H17Cl2N5O2S. The van der Waals surface area contributed by atoms with E-state index in [1.807, 2.05) is 26.1 Å². The molecular weight excluding hydrogens is 421 g/mol. The third-order valence-electron chi connectivity index (χ3n) is 3.70. The van der Waals surface area contributed by atoms with Crippen molar-refractivity contribution in [2.75, 3.05) is 11.1 Å². The second-order valence-electron chi connectivity index (χ2n) is 5.88. The third-order valence-corrected chi connectivity index (χ3v) is 5.25. The number of carbonyl (C=O) groups is 1. The minimum absolute atomic E-state index is 0.168. The molecule has 0 aliphatic carbocycles. The number of carbonyl (C=O) groups excluding carboxylic acids is 1. The zero-order valence-corrected chi connectivity index (χ0v) is 17.5. The van der Waals surface area contributed by atoms with Crippen LogP contribution in [0.1, 0.15) is 11.4 Å². The van der Waals surface area contributed by atoms with Gasteiger partial charge in [0.25, 0.3) is 0 Å². The lowest BCUT2D eigenvalue weighted by molar-refractivity contribution is -0.113. The summed E-state index contributed by atoms with van der Waals surface area (Å²) in [6.45, 7) is 2.18. The molecule has 1 aromatic carbocycles. The van der Waals surface area contributed by atoms with Crippen molar-refractivity contribution in [1.82, 2.24) is 19.7 Å². The van der Waals surface area contributed by atoms with Crippen LogP contribution in [0.5, 0.6) is 5.75 Å². The summed E-state index contributed by atoms with van der Waals surface area (Å²) in [6, 6.07) is 8.87. The normalized spacial score (nSPS) is 10.7. The summed E-state index contributed by atoms with van der Waals surface area (Å²) in [5.74, 6) is 1.62. The van der Waals surface area contributed by atoms with Crippen LogP contribution in [0.15, 0.2) is 41.7 Å². The quantitative estimate of drug-likeness (QED) is 0.559. The highest BCUT2D eigenvalue weighted by Crippen LogP contribution is 2.26. The summed E-state index contributed by atoms with van der Waals surface area (Å²) >= 11 is 13.2. The van der Waals surface area contributed by atoms with Crippen LogP contribution in [-0.2, 0) is 18.4 Å². The van der Waals surface area contributed by atoms with Gasteiger partial charge in [0.1, 0.15) is 18.2 Å². The van der Waals surface area contributed by atoms with Crippen LogP contribution in [0.25, 0.3) is 0 Å². The maximum atomic E-state index is 12.1. The first-order chi connectivity index (χ1) is 13.4. The van der Waals surface area contributed by atoms with Crippen molar-refractivity contribution in [1.29, 1.82) is 0 Å². The summed E-state index contributed by atoms with van der Waals surface area (Å²) in [7, 11) is 1.82. The van der Waals surface area contributed by atoms with Crippen molar-refractivity contribution < 1.29 is 9.53 Å². The number of halogens is 2. The summed E-state index contributed by atoms with van der Waals surface area (Å²) in [6.07, 6.45) is 1.47. The molecule has 3 rings (SSSR count). The molecule has 0 spiro atoms. The number of pyridine rings is 1. The lowest BCUT2D eigenvalue weighted by Gasteiger charge is -2.09. The molecule has 0 unspecified atom stereocenters. The van der Waals surface area contributed by atoms with Crippen molar-refractivity contribution in [2.45, 2.75) is 18.7 Å². The van der Waals surface area contributed by atoms with Gasteiger partial charge in [0.2, 0.25) is 5.91 Å². The monoisotopic (exact) mass is 437 g/mol. The predicted octanol–water partition coefficient (Wildman–Crippen LogP) is 4.14. The summed E-state index contributed by atoms with van der Waals surface area (Å²) < 4.78 is 7.53. The van der Waals surface area contributed by atoms with Gasteiger partial charge in [-0.3, -0.25) is 4.79 Å². The molecule has 1 amide bonds. The molecule has 0 atom stereocenters. The highest BCUT2D eigenvalue weighted by molar-refractivity contribution is 7.99. The fraction of sp³-hybridized carbons (Fsp3) is 0.222. The van der Waals surface area contributed by atoms with Crippen molar-refractivity contribution in [3.63, 3.8) is 0 Å².